The molecule has 9 nitrogen and oxygen atoms in total. The molecule has 0 spiro atoms. The number of hydrogen-bond acceptors (Lipinski definition) is 8. The van der Waals surface area contributed by atoms with Gasteiger partial charge in [0.2, 0.25) is 0 Å². The molecular formula is C19H20N4O5. The van der Waals surface area contributed by atoms with Gasteiger partial charge in [-0.2, -0.15) is 5.26 Å². The zero-order valence-corrected chi connectivity index (χ0v) is 15.3. The molecule has 2 aromatic carbocycles. The number of carbonyl (C=O) groups is 2. The number of Topliss-reactive ketones (excluding diaryl/α,β-unsaturated/α-hetero) is 1. The first kappa shape index (κ1) is 19.5. The summed E-state index contributed by atoms with van der Waals surface area (Å²) in [5.41, 5.74) is 2.27. The number of fused-ring (bicyclic) bond motifs is 1. The molecule has 0 aliphatic carbocycles. The number of hydrogen-bond donors (Lipinski definition) is 1. The van der Waals surface area contributed by atoms with Crippen molar-refractivity contribution in [2.24, 2.45) is 0 Å². The summed E-state index contributed by atoms with van der Waals surface area (Å²) in [6.07, 6.45) is 0.268. The number of carbonyl (C=O) groups excluding carboxylic acids is 2. The van der Waals surface area contributed by atoms with Crippen molar-refractivity contribution in [3.05, 3.63) is 60.2 Å². The van der Waals surface area contributed by atoms with Crippen LogP contribution in [0, 0.1) is 0 Å². The summed E-state index contributed by atoms with van der Waals surface area (Å²) in [4.78, 5) is 29.5. The lowest BCUT2D eigenvalue weighted by molar-refractivity contribution is -0.250. The van der Waals surface area contributed by atoms with Gasteiger partial charge in [-0.3, -0.25) is 14.5 Å². The highest BCUT2D eigenvalue weighted by Crippen LogP contribution is 2.14. The first-order valence-corrected chi connectivity index (χ1v) is 8.63. The summed E-state index contributed by atoms with van der Waals surface area (Å²) in [6.45, 7) is 0.601. The van der Waals surface area contributed by atoms with Gasteiger partial charge in [-0.05, 0) is 34.8 Å². The van der Waals surface area contributed by atoms with Crippen LogP contribution in [0.1, 0.15) is 12.0 Å². The van der Waals surface area contributed by atoms with Crippen LogP contribution in [0.4, 0.5) is 0 Å². The fraction of sp³-hybridized carbons (Fsp3) is 0.263. The maximum atomic E-state index is 11.8. The Bertz CT molecular complexity index is 944. The maximum absolute atomic E-state index is 11.8. The van der Waals surface area contributed by atoms with Crippen LogP contribution in [-0.2, 0) is 20.9 Å². The second-order valence-electron chi connectivity index (χ2n) is 6.30. The van der Waals surface area contributed by atoms with Gasteiger partial charge in [-0.25, -0.2) is 4.99 Å². The third kappa shape index (κ3) is 4.70. The van der Waals surface area contributed by atoms with E-state index in [1.54, 1.807) is 30.1 Å². The van der Waals surface area contributed by atoms with Crippen molar-refractivity contribution in [1.29, 1.82) is 0 Å². The van der Waals surface area contributed by atoms with Crippen molar-refractivity contribution in [1.82, 2.24) is 20.1 Å². The second kappa shape index (κ2) is 9.07. The van der Waals surface area contributed by atoms with Crippen LogP contribution >= 0.6 is 0 Å². The highest BCUT2D eigenvalue weighted by Gasteiger charge is 2.34. The standard InChI is InChI=1S/C13H15NO3.C6H5N3O2/c1-14-8-11(15)7-12(14)13(16)17-9-10-5-3-2-4-6-10;10-11-9-6-4-2-1-3-5(6)7-8-9/h2-6,12H,7-9H2,1H3;1-4,10H. The molecule has 0 bridgehead atoms. The summed E-state index contributed by atoms with van der Waals surface area (Å²) < 4.78 is 5.20. The van der Waals surface area contributed by atoms with Gasteiger partial charge in [0, 0.05) is 6.42 Å². The number of aromatic nitrogens is 3. The fourth-order valence-corrected chi connectivity index (χ4v) is 2.82. The average Bonchev–Trinajstić information content (AvgIpc) is 3.29. The van der Waals surface area contributed by atoms with E-state index in [0.29, 0.717) is 17.6 Å². The number of ketones is 1. The number of benzene rings is 2. The molecule has 1 aromatic heterocycles. The van der Waals surface area contributed by atoms with Crippen molar-refractivity contribution in [2.75, 3.05) is 13.6 Å². The summed E-state index contributed by atoms with van der Waals surface area (Å²) in [7, 11) is 1.76. The number of ether oxygens (including phenoxy) is 1. The maximum Gasteiger partial charge on any atom is 0.324 e. The molecule has 1 fully saturated rings. The molecule has 1 atom stereocenters. The van der Waals surface area contributed by atoms with Crippen molar-refractivity contribution in [3.63, 3.8) is 0 Å². The Balaban J connectivity index is 0.000000176. The van der Waals surface area contributed by atoms with E-state index in [9.17, 15) is 9.59 Å². The third-order valence-corrected chi connectivity index (χ3v) is 4.27. The molecule has 1 aliphatic rings. The van der Waals surface area contributed by atoms with E-state index >= 15 is 0 Å². The van der Waals surface area contributed by atoms with E-state index in [1.807, 2.05) is 36.4 Å². The zero-order chi connectivity index (χ0) is 19.9. The number of para-hydroxylation sites is 1. The molecule has 0 radical (unpaired) electrons. The first-order chi connectivity index (χ1) is 13.6. The Hall–Kier alpha value is -3.30. The topological polar surface area (TPSA) is 107 Å². The number of likely N-dealkylation sites (tertiary alicyclic amines) is 1. The Morgan fingerprint density at radius 2 is 1.89 bits per heavy atom. The predicted octanol–water partition coefficient (Wildman–Crippen LogP) is 1.34. The minimum absolute atomic E-state index is 0.0918. The second-order valence-corrected chi connectivity index (χ2v) is 6.30. The van der Waals surface area contributed by atoms with E-state index in [4.69, 9.17) is 9.99 Å². The van der Waals surface area contributed by atoms with E-state index < -0.39 is 6.04 Å². The van der Waals surface area contributed by atoms with Crippen molar-refractivity contribution in [2.45, 2.75) is 19.1 Å². The normalized spacial score (nSPS) is 16.5. The predicted molar refractivity (Wildman–Crippen MR) is 99.0 cm³/mol. The summed E-state index contributed by atoms with van der Waals surface area (Å²) in [5, 5.41) is 15.5. The fourth-order valence-electron chi connectivity index (χ4n) is 2.82. The van der Waals surface area contributed by atoms with E-state index in [-0.39, 0.29) is 24.8 Å². The minimum atomic E-state index is -0.411. The van der Waals surface area contributed by atoms with E-state index in [0.717, 1.165) is 10.4 Å². The highest BCUT2D eigenvalue weighted by atomic mass is 17.2. The lowest BCUT2D eigenvalue weighted by Crippen LogP contribution is -2.34. The van der Waals surface area contributed by atoms with Crippen LogP contribution in [0.15, 0.2) is 54.6 Å². The van der Waals surface area contributed by atoms with E-state index in [2.05, 4.69) is 15.3 Å². The molecule has 4 rings (SSSR count). The molecule has 1 N–H and O–H groups in total. The molecule has 0 saturated carbocycles. The quantitative estimate of drug-likeness (QED) is 0.408. The summed E-state index contributed by atoms with van der Waals surface area (Å²) >= 11 is 0. The molecule has 1 unspecified atom stereocenters. The average molecular weight is 384 g/mol. The lowest BCUT2D eigenvalue weighted by Gasteiger charge is -2.16. The van der Waals surface area contributed by atoms with Gasteiger partial charge < -0.3 is 4.74 Å². The van der Waals surface area contributed by atoms with Crippen LogP contribution < -0.4 is 4.99 Å². The van der Waals surface area contributed by atoms with Crippen LogP contribution in [0.25, 0.3) is 11.0 Å². The van der Waals surface area contributed by atoms with Gasteiger partial charge in [-0.1, -0.05) is 42.5 Å². The van der Waals surface area contributed by atoms with Gasteiger partial charge in [0.1, 0.15) is 29.5 Å². The Morgan fingerprint density at radius 1 is 1.18 bits per heavy atom. The van der Waals surface area contributed by atoms with E-state index in [1.165, 1.54) is 0 Å². The summed E-state index contributed by atoms with van der Waals surface area (Å²) in [5.74, 6) is -0.226. The van der Waals surface area contributed by atoms with Gasteiger partial charge >= 0.3 is 5.97 Å². The molecule has 1 saturated heterocycles. The van der Waals surface area contributed by atoms with Gasteiger partial charge in [0.05, 0.1) is 6.54 Å². The Morgan fingerprint density at radius 3 is 2.57 bits per heavy atom. The molecule has 0 amide bonds. The van der Waals surface area contributed by atoms with Crippen LogP contribution in [-0.4, -0.2) is 56.7 Å². The van der Waals surface area contributed by atoms with Crippen LogP contribution in [0.3, 0.4) is 0 Å². The molecule has 1 aliphatic heterocycles. The first-order valence-electron chi connectivity index (χ1n) is 8.63. The zero-order valence-electron chi connectivity index (χ0n) is 15.3. The van der Waals surface area contributed by atoms with Gasteiger partial charge in [0.15, 0.2) is 0 Å². The van der Waals surface area contributed by atoms with Crippen molar-refractivity contribution >= 4 is 22.8 Å². The molecule has 2 heterocycles. The highest BCUT2D eigenvalue weighted by molar-refractivity contribution is 5.91. The smallest absolute Gasteiger partial charge is 0.324 e. The Labute approximate surface area is 161 Å². The molecular weight excluding hydrogens is 364 g/mol. The molecule has 3 aromatic rings. The van der Waals surface area contributed by atoms with Crippen molar-refractivity contribution in [3.8, 4) is 0 Å². The van der Waals surface area contributed by atoms with Crippen LogP contribution in [0.5, 0.6) is 0 Å². The number of nitrogens with zero attached hydrogens (tertiary/aromatic N) is 4. The summed E-state index contributed by atoms with van der Waals surface area (Å²) in [6, 6.07) is 16.3. The number of esters is 1. The SMILES string of the molecule is CN1CC(=O)CC1C(=O)OCc1ccccc1.OOn1nnc2ccccc21. The third-order valence-electron chi connectivity index (χ3n) is 4.27. The van der Waals surface area contributed by atoms with Crippen molar-refractivity contribution < 1.29 is 24.6 Å². The monoisotopic (exact) mass is 384 g/mol. The largest absolute Gasteiger partial charge is 0.460 e. The van der Waals surface area contributed by atoms with Gasteiger partial charge in [0.25, 0.3) is 0 Å². The van der Waals surface area contributed by atoms with Gasteiger partial charge in [-0.15, -0.1) is 5.10 Å². The number of likely N-dealkylation sites (N-methyl/N-ethyl adjacent to an activating group) is 1. The van der Waals surface area contributed by atoms with Crippen LogP contribution in [0.2, 0.25) is 0 Å². The molecule has 9 heteroatoms. The Kier molecular flexibility index (Phi) is 6.30. The number of rotatable bonds is 4. The molecule has 146 valence electrons. The lowest BCUT2D eigenvalue weighted by atomic mass is 10.2. The minimum Gasteiger partial charge on any atom is -0.460 e. The molecule has 28 heavy (non-hydrogen) atoms.